The van der Waals surface area contributed by atoms with Crippen molar-refractivity contribution in [2.75, 3.05) is 4.72 Å². The summed E-state index contributed by atoms with van der Waals surface area (Å²) in [5, 5.41) is 0. The zero-order chi connectivity index (χ0) is 14.9. The predicted octanol–water partition coefficient (Wildman–Crippen LogP) is 2.42. The van der Waals surface area contributed by atoms with E-state index < -0.39 is 33.2 Å². The fraction of sp³-hybridized carbons (Fsp3) is 0.0909. The van der Waals surface area contributed by atoms with Crippen LogP contribution in [0.5, 0.6) is 0 Å². The number of hydrogen-bond acceptors (Lipinski definition) is 4. The van der Waals surface area contributed by atoms with Gasteiger partial charge in [-0.1, -0.05) is 0 Å². The maximum Gasteiger partial charge on any atom is 0.271 e. The van der Waals surface area contributed by atoms with Crippen molar-refractivity contribution in [3.63, 3.8) is 0 Å². The van der Waals surface area contributed by atoms with Crippen molar-refractivity contribution in [3.8, 4) is 0 Å². The van der Waals surface area contributed by atoms with Gasteiger partial charge in [-0.3, -0.25) is 4.72 Å². The Morgan fingerprint density at radius 3 is 2.35 bits per heavy atom. The summed E-state index contributed by atoms with van der Waals surface area (Å²) in [6.07, 6.45) is 0. The maximum atomic E-state index is 13.4. The normalized spacial score (nSPS) is 11.6. The zero-order valence-electron chi connectivity index (χ0n) is 9.86. The average Bonchev–Trinajstić information content (AvgIpc) is 2.85. The molecule has 0 fully saturated rings. The van der Waals surface area contributed by atoms with Gasteiger partial charge in [-0.25, -0.2) is 21.6 Å². The molecule has 2 rings (SSSR count). The molecule has 0 atom stereocenters. The predicted molar refractivity (Wildman–Crippen MR) is 69.3 cm³/mol. The van der Waals surface area contributed by atoms with Gasteiger partial charge in [-0.2, -0.15) is 0 Å². The minimum Gasteiger partial charge on any atom is -0.326 e. The molecule has 3 N–H and O–H groups in total. The molecule has 0 amide bonds. The first kappa shape index (κ1) is 14.8. The van der Waals surface area contributed by atoms with Gasteiger partial charge in [0.1, 0.15) is 10.0 Å². The van der Waals surface area contributed by atoms with E-state index in [9.17, 15) is 21.6 Å². The van der Waals surface area contributed by atoms with Crippen molar-refractivity contribution < 1.29 is 21.6 Å². The monoisotopic (exact) mass is 322 g/mol. The van der Waals surface area contributed by atoms with Gasteiger partial charge in [0.05, 0.1) is 5.69 Å². The summed E-state index contributed by atoms with van der Waals surface area (Å²) in [5.74, 6) is -3.95. The fourth-order valence-corrected chi connectivity index (χ4v) is 3.70. The summed E-state index contributed by atoms with van der Waals surface area (Å²) >= 11 is 0.907. The summed E-state index contributed by atoms with van der Waals surface area (Å²) in [4.78, 5) is 0.621. The minimum atomic E-state index is -4.07. The van der Waals surface area contributed by atoms with Gasteiger partial charge in [-0.05, 0) is 12.1 Å². The van der Waals surface area contributed by atoms with Crippen LogP contribution in [-0.4, -0.2) is 8.42 Å². The van der Waals surface area contributed by atoms with Crippen LogP contribution in [0.25, 0.3) is 0 Å². The van der Waals surface area contributed by atoms with Gasteiger partial charge in [0.2, 0.25) is 0 Å². The largest absolute Gasteiger partial charge is 0.326 e. The highest BCUT2D eigenvalue weighted by atomic mass is 32.2. The Balaban J connectivity index is 2.35. The first-order chi connectivity index (χ1) is 9.33. The smallest absolute Gasteiger partial charge is 0.271 e. The summed E-state index contributed by atoms with van der Waals surface area (Å²) in [7, 11) is -4.07. The molecule has 4 nitrogen and oxygen atoms in total. The van der Waals surface area contributed by atoms with E-state index in [0.29, 0.717) is 10.9 Å². The van der Waals surface area contributed by atoms with Crippen LogP contribution in [0.4, 0.5) is 18.9 Å². The molecular formula is C11H9F3N2O2S2. The summed E-state index contributed by atoms with van der Waals surface area (Å²) < 4.78 is 64.8. The molecule has 0 aliphatic rings. The molecule has 0 radical (unpaired) electrons. The first-order valence-corrected chi connectivity index (χ1v) is 7.59. The van der Waals surface area contributed by atoms with Crippen molar-refractivity contribution in [2.45, 2.75) is 10.8 Å². The van der Waals surface area contributed by atoms with Gasteiger partial charge >= 0.3 is 0 Å². The quantitative estimate of drug-likeness (QED) is 0.849. The number of nitrogens with one attached hydrogen (secondary N) is 1. The third kappa shape index (κ3) is 2.94. The van der Waals surface area contributed by atoms with E-state index in [1.807, 2.05) is 4.72 Å². The molecule has 0 saturated carbocycles. The van der Waals surface area contributed by atoms with E-state index in [-0.39, 0.29) is 16.8 Å². The van der Waals surface area contributed by atoms with E-state index in [4.69, 9.17) is 5.73 Å². The molecule has 108 valence electrons. The number of hydrogen-bond donors (Lipinski definition) is 2. The van der Waals surface area contributed by atoms with Gasteiger partial charge in [0.25, 0.3) is 10.0 Å². The Kier molecular flexibility index (Phi) is 4.02. The third-order valence-corrected chi connectivity index (χ3v) is 5.32. The Hall–Kier alpha value is -1.58. The molecule has 0 spiro atoms. The van der Waals surface area contributed by atoms with Crippen LogP contribution in [0.1, 0.15) is 4.88 Å². The highest BCUT2D eigenvalue weighted by Gasteiger charge is 2.20. The number of anilines is 1. The minimum absolute atomic E-state index is 0.0953. The average molecular weight is 322 g/mol. The molecule has 1 heterocycles. The lowest BCUT2D eigenvalue weighted by molar-refractivity contribution is 0.496. The Morgan fingerprint density at radius 2 is 1.75 bits per heavy atom. The Bertz CT molecular complexity index is 744. The zero-order valence-corrected chi connectivity index (χ0v) is 11.5. The molecule has 0 aliphatic carbocycles. The van der Waals surface area contributed by atoms with Gasteiger partial charge in [-0.15, -0.1) is 11.3 Å². The molecule has 9 heteroatoms. The standard InChI is InChI=1S/C11H9F3N2O2S2/c12-7-3-9(14)10(4-8(7)13)16-20(17,18)11-2-1-6(5-15)19-11/h1-4,16H,5,15H2. The molecule has 0 saturated heterocycles. The van der Waals surface area contributed by atoms with Crippen LogP contribution in [0.15, 0.2) is 28.5 Å². The highest BCUT2D eigenvalue weighted by Crippen LogP contribution is 2.26. The fourth-order valence-electron chi connectivity index (χ4n) is 1.41. The summed E-state index contributed by atoms with van der Waals surface area (Å²) in [5.41, 5.74) is 4.70. The van der Waals surface area contributed by atoms with Crippen LogP contribution in [0.2, 0.25) is 0 Å². The molecule has 2 aromatic rings. The van der Waals surface area contributed by atoms with E-state index in [2.05, 4.69) is 0 Å². The summed E-state index contributed by atoms with van der Waals surface area (Å²) in [6.45, 7) is 0.166. The van der Waals surface area contributed by atoms with Crippen molar-refractivity contribution in [2.24, 2.45) is 5.73 Å². The summed E-state index contributed by atoms with van der Waals surface area (Å²) in [6, 6.07) is 3.53. The van der Waals surface area contributed by atoms with Gasteiger partial charge in [0, 0.05) is 23.6 Å². The second-order valence-corrected chi connectivity index (χ2v) is 6.85. The molecule has 0 unspecified atom stereocenters. The molecule has 1 aromatic carbocycles. The number of rotatable bonds is 4. The Morgan fingerprint density at radius 1 is 1.10 bits per heavy atom. The lowest BCUT2D eigenvalue weighted by atomic mass is 10.3. The van der Waals surface area contributed by atoms with E-state index >= 15 is 0 Å². The lowest BCUT2D eigenvalue weighted by Gasteiger charge is -2.07. The number of sulfonamides is 1. The van der Waals surface area contributed by atoms with Crippen LogP contribution < -0.4 is 10.5 Å². The topological polar surface area (TPSA) is 72.2 Å². The van der Waals surface area contributed by atoms with E-state index in [1.54, 1.807) is 0 Å². The number of thiophene rings is 1. The van der Waals surface area contributed by atoms with Crippen LogP contribution >= 0.6 is 11.3 Å². The second-order valence-electron chi connectivity index (χ2n) is 3.78. The van der Waals surface area contributed by atoms with Crippen molar-refractivity contribution in [3.05, 3.63) is 46.6 Å². The number of nitrogens with two attached hydrogens (primary N) is 1. The van der Waals surface area contributed by atoms with Crippen LogP contribution in [0, 0.1) is 17.5 Å². The molecular weight excluding hydrogens is 313 g/mol. The molecule has 0 aliphatic heterocycles. The van der Waals surface area contributed by atoms with Crippen LogP contribution in [0.3, 0.4) is 0 Å². The lowest BCUT2D eigenvalue weighted by Crippen LogP contribution is -2.13. The highest BCUT2D eigenvalue weighted by molar-refractivity contribution is 7.94. The van der Waals surface area contributed by atoms with Gasteiger partial charge < -0.3 is 5.73 Å². The SMILES string of the molecule is NCc1ccc(S(=O)(=O)Nc2cc(F)c(F)cc2F)s1. The van der Waals surface area contributed by atoms with E-state index in [1.165, 1.54) is 12.1 Å². The molecule has 1 aromatic heterocycles. The van der Waals surface area contributed by atoms with Crippen LogP contribution in [-0.2, 0) is 16.6 Å². The molecule has 20 heavy (non-hydrogen) atoms. The van der Waals surface area contributed by atoms with Crippen molar-refractivity contribution >= 4 is 27.0 Å². The number of benzene rings is 1. The van der Waals surface area contributed by atoms with Gasteiger partial charge in [0.15, 0.2) is 11.6 Å². The van der Waals surface area contributed by atoms with Crippen molar-refractivity contribution in [1.29, 1.82) is 0 Å². The number of halogens is 3. The first-order valence-electron chi connectivity index (χ1n) is 5.29. The van der Waals surface area contributed by atoms with Crippen molar-refractivity contribution in [1.82, 2.24) is 0 Å². The van der Waals surface area contributed by atoms with E-state index in [0.717, 1.165) is 11.3 Å². The maximum absolute atomic E-state index is 13.4. The third-order valence-electron chi connectivity index (χ3n) is 2.36. The Labute approximate surface area is 117 Å². The molecule has 0 bridgehead atoms. The second kappa shape index (κ2) is 5.43.